The Kier molecular flexibility index (Phi) is 7.05. The minimum absolute atomic E-state index is 0.177. The number of hydrogen-bond donors (Lipinski definition) is 0. The molecule has 36 heavy (non-hydrogen) atoms. The van der Waals surface area contributed by atoms with Crippen LogP contribution < -0.4 is 9.47 Å². The van der Waals surface area contributed by atoms with Crippen molar-refractivity contribution in [2.24, 2.45) is 0 Å². The minimum atomic E-state index is -0.319. The van der Waals surface area contributed by atoms with Gasteiger partial charge in [0.25, 0.3) is 11.1 Å². The molecule has 4 aromatic carbocycles. The van der Waals surface area contributed by atoms with E-state index in [1.54, 1.807) is 6.08 Å². The van der Waals surface area contributed by atoms with Gasteiger partial charge in [-0.25, -0.2) is 0 Å². The lowest BCUT2D eigenvalue weighted by atomic mass is 10.1. The van der Waals surface area contributed by atoms with Gasteiger partial charge < -0.3 is 9.47 Å². The summed E-state index contributed by atoms with van der Waals surface area (Å²) in [6.07, 6.45) is 1.72. The number of nitrogens with zero attached hydrogens (tertiary/aromatic N) is 1. The monoisotopic (exact) mass is 495 g/mol. The number of rotatable bonds is 8. The first-order valence-corrected chi connectivity index (χ1v) is 12.5. The zero-order chi connectivity index (χ0) is 24.9. The standard InChI is InChI=1S/C30H25NO4S/c1-21-8-6-9-22(18-21)20-35-26-14-5-3-11-24(26)19-28-29(32)31(30(33)36-28)16-17-34-27-15-7-12-23-10-2-4-13-25(23)27/h2-15,18-19H,16-17,20H2,1H3/b28-19-. The smallest absolute Gasteiger partial charge is 0.293 e. The maximum atomic E-state index is 13.0. The number of ether oxygens (including phenoxy) is 2. The molecule has 1 aliphatic heterocycles. The Morgan fingerprint density at radius 1 is 0.833 bits per heavy atom. The fourth-order valence-corrected chi connectivity index (χ4v) is 4.95. The molecule has 1 fully saturated rings. The van der Waals surface area contributed by atoms with Crippen LogP contribution in [0.4, 0.5) is 4.79 Å². The number of imide groups is 1. The molecule has 0 aromatic heterocycles. The van der Waals surface area contributed by atoms with Gasteiger partial charge in [-0.3, -0.25) is 14.5 Å². The molecule has 0 atom stereocenters. The Bertz CT molecular complexity index is 1460. The van der Waals surface area contributed by atoms with Crippen molar-refractivity contribution in [1.82, 2.24) is 4.90 Å². The average Bonchev–Trinajstić information content (AvgIpc) is 3.15. The van der Waals surface area contributed by atoms with Gasteiger partial charge in [-0.15, -0.1) is 0 Å². The van der Waals surface area contributed by atoms with Gasteiger partial charge in [-0.05, 0) is 47.8 Å². The second-order valence-corrected chi connectivity index (χ2v) is 9.47. The van der Waals surface area contributed by atoms with Crippen LogP contribution in [-0.4, -0.2) is 29.2 Å². The summed E-state index contributed by atoms with van der Waals surface area (Å²) in [5, 5.41) is 1.77. The van der Waals surface area contributed by atoms with E-state index in [1.807, 2.05) is 91.9 Å². The van der Waals surface area contributed by atoms with Gasteiger partial charge in [-0.2, -0.15) is 0 Å². The number of thioether (sulfide) groups is 1. The molecule has 0 bridgehead atoms. The largest absolute Gasteiger partial charge is 0.491 e. The van der Waals surface area contributed by atoms with Crippen molar-refractivity contribution in [3.05, 3.63) is 113 Å². The topological polar surface area (TPSA) is 55.8 Å². The molecule has 5 nitrogen and oxygen atoms in total. The third kappa shape index (κ3) is 5.29. The molecule has 0 radical (unpaired) electrons. The quantitative estimate of drug-likeness (QED) is 0.251. The van der Waals surface area contributed by atoms with Crippen LogP contribution in [0.1, 0.15) is 16.7 Å². The van der Waals surface area contributed by atoms with E-state index in [-0.39, 0.29) is 24.3 Å². The second kappa shape index (κ2) is 10.7. The van der Waals surface area contributed by atoms with Crippen LogP contribution in [-0.2, 0) is 11.4 Å². The maximum absolute atomic E-state index is 13.0. The van der Waals surface area contributed by atoms with Gasteiger partial charge in [0.1, 0.15) is 24.7 Å². The molecule has 0 saturated carbocycles. The molecule has 1 aliphatic rings. The predicted molar refractivity (Wildman–Crippen MR) is 144 cm³/mol. The fraction of sp³-hybridized carbons (Fsp3) is 0.133. The lowest BCUT2D eigenvalue weighted by Gasteiger charge is -2.14. The predicted octanol–water partition coefficient (Wildman–Crippen LogP) is 6.84. The number of para-hydroxylation sites is 1. The highest BCUT2D eigenvalue weighted by molar-refractivity contribution is 8.18. The van der Waals surface area contributed by atoms with E-state index in [9.17, 15) is 9.59 Å². The molecule has 180 valence electrons. The van der Waals surface area contributed by atoms with Crippen LogP contribution in [0.5, 0.6) is 11.5 Å². The summed E-state index contributed by atoms with van der Waals surface area (Å²) in [6, 6.07) is 29.4. The van der Waals surface area contributed by atoms with Crippen LogP contribution in [0.15, 0.2) is 95.9 Å². The van der Waals surface area contributed by atoms with Crippen molar-refractivity contribution in [2.45, 2.75) is 13.5 Å². The first kappa shape index (κ1) is 23.7. The fourth-order valence-electron chi connectivity index (χ4n) is 4.10. The third-order valence-electron chi connectivity index (χ3n) is 5.88. The van der Waals surface area contributed by atoms with Gasteiger partial charge in [0, 0.05) is 10.9 Å². The maximum Gasteiger partial charge on any atom is 0.293 e. The first-order valence-electron chi connectivity index (χ1n) is 11.7. The van der Waals surface area contributed by atoms with Gasteiger partial charge in [0.2, 0.25) is 0 Å². The lowest BCUT2D eigenvalue weighted by Crippen LogP contribution is -2.32. The number of benzene rings is 4. The Morgan fingerprint density at radius 2 is 1.58 bits per heavy atom. The molecule has 6 heteroatoms. The molecule has 0 unspecified atom stereocenters. The molecule has 4 aromatic rings. The number of aryl methyl sites for hydroxylation is 1. The average molecular weight is 496 g/mol. The molecule has 0 aliphatic carbocycles. The summed E-state index contributed by atoms with van der Waals surface area (Å²) in [5.74, 6) is 1.07. The van der Waals surface area contributed by atoms with Crippen LogP contribution >= 0.6 is 11.8 Å². The summed E-state index contributed by atoms with van der Waals surface area (Å²) in [6.45, 7) is 2.85. The summed E-state index contributed by atoms with van der Waals surface area (Å²) in [7, 11) is 0. The third-order valence-corrected chi connectivity index (χ3v) is 6.79. The molecule has 0 N–H and O–H groups in total. The Labute approximate surface area is 214 Å². The van der Waals surface area contributed by atoms with E-state index in [0.29, 0.717) is 17.3 Å². The Balaban J connectivity index is 1.25. The second-order valence-electron chi connectivity index (χ2n) is 8.47. The summed E-state index contributed by atoms with van der Waals surface area (Å²) >= 11 is 0.938. The number of fused-ring (bicyclic) bond motifs is 1. The van der Waals surface area contributed by atoms with Crippen molar-refractivity contribution < 1.29 is 19.1 Å². The highest BCUT2D eigenvalue weighted by Gasteiger charge is 2.35. The highest BCUT2D eigenvalue weighted by atomic mass is 32.2. The van der Waals surface area contributed by atoms with Gasteiger partial charge >= 0.3 is 0 Å². The summed E-state index contributed by atoms with van der Waals surface area (Å²) < 4.78 is 12.0. The van der Waals surface area contributed by atoms with E-state index in [4.69, 9.17) is 9.47 Å². The van der Waals surface area contributed by atoms with Gasteiger partial charge in [0.05, 0.1) is 11.4 Å². The number of hydrogen-bond acceptors (Lipinski definition) is 5. The van der Waals surface area contributed by atoms with E-state index >= 15 is 0 Å². The molecule has 1 saturated heterocycles. The van der Waals surface area contributed by atoms with E-state index in [1.165, 1.54) is 10.5 Å². The summed E-state index contributed by atoms with van der Waals surface area (Å²) in [5.41, 5.74) is 2.99. The van der Waals surface area contributed by atoms with Crippen LogP contribution in [0.3, 0.4) is 0 Å². The van der Waals surface area contributed by atoms with Crippen LogP contribution in [0, 0.1) is 6.92 Å². The van der Waals surface area contributed by atoms with E-state index in [2.05, 4.69) is 6.07 Å². The van der Waals surface area contributed by atoms with Crippen molar-refractivity contribution in [1.29, 1.82) is 0 Å². The number of carbonyl (C=O) groups excluding carboxylic acids is 2. The van der Waals surface area contributed by atoms with E-state index < -0.39 is 0 Å². The van der Waals surface area contributed by atoms with Crippen molar-refractivity contribution in [3.63, 3.8) is 0 Å². The van der Waals surface area contributed by atoms with Crippen LogP contribution in [0.2, 0.25) is 0 Å². The normalized spacial score (nSPS) is 14.6. The lowest BCUT2D eigenvalue weighted by molar-refractivity contribution is -0.123. The summed E-state index contributed by atoms with van der Waals surface area (Å²) in [4.78, 5) is 27.2. The highest BCUT2D eigenvalue weighted by Crippen LogP contribution is 2.34. The zero-order valence-electron chi connectivity index (χ0n) is 19.8. The SMILES string of the molecule is Cc1cccc(COc2ccccc2/C=C2\SC(=O)N(CCOc3cccc4ccccc34)C2=O)c1. The number of amides is 2. The molecular formula is C30H25NO4S. The van der Waals surface area contributed by atoms with Gasteiger partial charge in [-0.1, -0.05) is 84.4 Å². The van der Waals surface area contributed by atoms with Crippen LogP contribution in [0.25, 0.3) is 16.8 Å². The van der Waals surface area contributed by atoms with Crippen molar-refractivity contribution in [2.75, 3.05) is 13.2 Å². The molecule has 2 amide bonds. The molecule has 1 heterocycles. The van der Waals surface area contributed by atoms with Crippen molar-refractivity contribution >= 4 is 39.8 Å². The first-order chi connectivity index (χ1) is 17.6. The van der Waals surface area contributed by atoms with Crippen molar-refractivity contribution in [3.8, 4) is 11.5 Å². The molecule has 5 rings (SSSR count). The Morgan fingerprint density at radius 3 is 2.47 bits per heavy atom. The molecular weight excluding hydrogens is 470 g/mol. The minimum Gasteiger partial charge on any atom is -0.491 e. The zero-order valence-corrected chi connectivity index (χ0v) is 20.7. The Hall–Kier alpha value is -4.03. The molecule has 0 spiro atoms. The number of carbonyl (C=O) groups is 2. The van der Waals surface area contributed by atoms with E-state index in [0.717, 1.165) is 39.4 Å². The van der Waals surface area contributed by atoms with Gasteiger partial charge in [0.15, 0.2) is 0 Å².